The molecule has 3 aromatic rings. The van der Waals surface area contributed by atoms with Gasteiger partial charge in [0.05, 0.1) is 12.1 Å². The number of amides is 2. The summed E-state index contributed by atoms with van der Waals surface area (Å²) in [5.74, 6) is 0.747. The van der Waals surface area contributed by atoms with Crippen molar-refractivity contribution in [2.45, 2.75) is 6.92 Å². The minimum Gasteiger partial charge on any atom is -0.492 e. The zero-order chi connectivity index (χ0) is 17.6. The number of benzene rings is 2. The topological polar surface area (TPSA) is 63.2 Å². The molecule has 0 unspecified atom stereocenters. The van der Waals surface area contributed by atoms with Crippen molar-refractivity contribution >= 4 is 34.2 Å². The lowest BCUT2D eigenvalue weighted by Crippen LogP contribution is -2.32. The first-order chi connectivity index (χ1) is 12.1. The number of rotatable bonds is 5. The lowest BCUT2D eigenvalue weighted by Gasteiger charge is -2.11. The predicted octanol–water partition coefficient (Wildman–Crippen LogP) is 4.40. The summed E-state index contributed by atoms with van der Waals surface area (Å²) in [6.07, 6.45) is 1.76. The predicted molar refractivity (Wildman–Crippen MR) is 100 cm³/mol. The van der Waals surface area contributed by atoms with Crippen LogP contribution in [-0.2, 0) is 0 Å². The molecule has 0 aliphatic carbocycles. The van der Waals surface area contributed by atoms with E-state index in [2.05, 4.69) is 15.6 Å². The molecule has 0 saturated heterocycles. The van der Waals surface area contributed by atoms with Crippen molar-refractivity contribution in [1.82, 2.24) is 10.3 Å². The molecule has 1 heterocycles. The molecule has 2 amide bonds. The number of fused-ring (bicyclic) bond motifs is 1. The Morgan fingerprint density at radius 1 is 1.20 bits per heavy atom. The molecule has 128 valence electrons. The monoisotopic (exact) mass is 355 g/mol. The molecule has 0 aliphatic heterocycles. The van der Waals surface area contributed by atoms with Gasteiger partial charge < -0.3 is 15.4 Å². The Morgan fingerprint density at radius 2 is 2.08 bits per heavy atom. The van der Waals surface area contributed by atoms with Gasteiger partial charge in [0.25, 0.3) is 0 Å². The highest BCUT2D eigenvalue weighted by atomic mass is 35.5. The Bertz CT molecular complexity index is 899. The summed E-state index contributed by atoms with van der Waals surface area (Å²) in [4.78, 5) is 16.2. The number of hydrogen-bond donors (Lipinski definition) is 2. The van der Waals surface area contributed by atoms with E-state index in [0.29, 0.717) is 18.2 Å². The maximum absolute atomic E-state index is 11.9. The van der Waals surface area contributed by atoms with Gasteiger partial charge in [0.1, 0.15) is 12.4 Å². The second-order valence-corrected chi connectivity index (χ2v) is 5.98. The molecule has 0 radical (unpaired) electrons. The van der Waals surface area contributed by atoms with Crippen LogP contribution < -0.4 is 15.4 Å². The van der Waals surface area contributed by atoms with Gasteiger partial charge in [-0.25, -0.2) is 4.79 Å². The van der Waals surface area contributed by atoms with E-state index in [9.17, 15) is 4.79 Å². The molecular weight excluding hydrogens is 338 g/mol. The molecule has 2 aromatic carbocycles. The molecule has 0 aliphatic rings. The Labute approximate surface area is 151 Å². The highest BCUT2D eigenvalue weighted by Crippen LogP contribution is 2.20. The number of aryl methyl sites for hydroxylation is 1. The van der Waals surface area contributed by atoms with Gasteiger partial charge in [-0.15, -0.1) is 0 Å². The number of ether oxygens (including phenoxy) is 1. The minimum absolute atomic E-state index is 0.281. The zero-order valence-electron chi connectivity index (χ0n) is 13.8. The number of aromatic nitrogens is 1. The van der Waals surface area contributed by atoms with Gasteiger partial charge in [0.15, 0.2) is 0 Å². The van der Waals surface area contributed by atoms with Crippen molar-refractivity contribution in [2.75, 3.05) is 18.5 Å². The molecule has 0 bridgehead atoms. The van der Waals surface area contributed by atoms with Crippen LogP contribution in [0.25, 0.3) is 10.9 Å². The highest BCUT2D eigenvalue weighted by molar-refractivity contribution is 6.30. The summed E-state index contributed by atoms with van der Waals surface area (Å²) in [6.45, 7) is 2.65. The first-order valence-corrected chi connectivity index (χ1v) is 8.28. The molecule has 6 heteroatoms. The summed E-state index contributed by atoms with van der Waals surface area (Å²) in [6, 6.07) is 14.6. The molecular formula is C19H18ClN3O2. The SMILES string of the molecule is Cc1cc(Cl)ccc1NC(=O)NCCOc1ccc2ncccc2c1. The van der Waals surface area contributed by atoms with Crippen LogP contribution in [0.1, 0.15) is 5.56 Å². The van der Waals surface area contributed by atoms with Gasteiger partial charge >= 0.3 is 6.03 Å². The lowest BCUT2D eigenvalue weighted by atomic mass is 10.2. The number of nitrogens with zero attached hydrogens (tertiary/aromatic N) is 1. The van der Waals surface area contributed by atoms with Crippen molar-refractivity contribution in [3.05, 3.63) is 65.3 Å². The number of carbonyl (C=O) groups excluding carboxylic acids is 1. The normalized spacial score (nSPS) is 10.5. The van der Waals surface area contributed by atoms with E-state index in [1.54, 1.807) is 24.4 Å². The summed E-state index contributed by atoms with van der Waals surface area (Å²) in [5.41, 5.74) is 2.55. The van der Waals surface area contributed by atoms with E-state index >= 15 is 0 Å². The summed E-state index contributed by atoms with van der Waals surface area (Å²) in [7, 11) is 0. The molecule has 2 N–H and O–H groups in total. The van der Waals surface area contributed by atoms with Crippen molar-refractivity contribution < 1.29 is 9.53 Å². The minimum atomic E-state index is -0.281. The first-order valence-electron chi connectivity index (χ1n) is 7.90. The molecule has 0 saturated carbocycles. The van der Waals surface area contributed by atoms with Crippen LogP contribution in [-0.4, -0.2) is 24.2 Å². The summed E-state index contributed by atoms with van der Waals surface area (Å²) in [5, 5.41) is 7.21. The van der Waals surface area contributed by atoms with Gasteiger partial charge in [0.2, 0.25) is 0 Å². The third-order valence-electron chi connectivity index (χ3n) is 3.67. The van der Waals surface area contributed by atoms with Crippen molar-refractivity contribution in [2.24, 2.45) is 0 Å². The maximum Gasteiger partial charge on any atom is 0.319 e. The molecule has 0 spiro atoms. The average molecular weight is 356 g/mol. The fourth-order valence-electron chi connectivity index (χ4n) is 2.41. The van der Waals surface area contributed by atoms with Crippen LogP contribution in [0.15, 0.2) is 54.7 Å². The molecule has 0 fully saturated rings. The first kappa shape index (κ1) is 17.0. The van der Waals surface area contributed by atoms with E-state index in [1.165, 1.54) is 0 Å². The van der Waals surface area contributed by atoms with Gasteiger partial charge in [-0.05, 0) is 55.0 Å². The van der Waals surface area contributed by atoms with Gasteiger partial charge in [-0.3, -0.25) is 4.98 Å². The van der Waals surface area contributed by atoms with Crippen LogP contribution in [0.5, 0.6) is 5.75 Å². The molecule has 3 rings (SSSR count). The van der Waals surface area contributed by atoms with Crippen LogP contribution in [0.2, 0.25) is 5.02 Å². The molecule has 25 heavy (non-hydrogen) atoms. The largest absolute Gasteiger partial charge is 0.492 e. The van der Waals surface area contributed by atoms with Crippen LogP contribution in [0, 0.1) is 6.92 Å². The number of hydrogen-bond acceptors (Lipinski definition) is 3. The lowest BCUT2D eigenvalue weighted by molar-refractivity contribution is 0.247. The Kier molecular flexibility index (Phi) is 5.36. The Hall–Kier alpha value is -2.79. The average Bonchev–Trinajstić information content (AvgIpc) is 2.61. The van der Waals surface area contributed by atoms with Crippen molar-refractivity contribution in [3.63, 3.8) is 0 Å². The number of urea groups is 1. The number of anilines is 1. The summed E-state index contributed by atoms with van der Waals surface area (Å²) >= 11 is 5.90. The van der Waals surface area contributed by atoms with E-state index in [-0.39, 0.29) is 6.03 Å². The molecule has 0 atom stereocenters. The maximum atomic E-state index is 11.9. The smallest absolute Gasteiger partial charge is 0.319 e. The fraction of sp³-hybridized carbons (Fsp3) is 0.158. The number of pyridine rings is 1. The number of halogens is 1. The van der Waals surface area contributed by atoms with E-state index in [1.807, 2.05) is 37.3 Å². The van der Waals surface area contributed by atoms with E-state index in [4.69, 9.17) is 16.3 Å². The Morgan fingerprint density at radius 3 is 2.92 bits per heavy atom. The quantitative estimate of drug-likeness (QED) is 0.667. The Balaban J connectivity index is 1.46. The van der Waals surface area contributed by atoms with Gasteiger partial charge in [0, 0.05) is 22.3 Å². The second kappa shape index (κ2) is 7.85. The summed E-state index contributed by atoms with van der Waals surface area (Å²) < 4.78 is 5.67. The van der Waals surface area contributed by atoms with Gasteiger partial charge in [-0.1, -0.05) is 17.7 Å². The standard InChI is InChI=1S/C19H18ClN3O2/c1-13-11-15(20)4-6-17(13)23-19(24)22-9-10-25-16-5-7-18-14(12-16)3-2-8-21-18/h2-8,11-12H,9-10H2,1H3,(H2,22,23,24). The third-order valence-corrected chi connectivity index (χ3v) is 3.90. The van der Waals surface area contributed by atoms with Crippen molar-refractivity contribution in [1.29, 1.82) is 0 Å². The van der Waals surface area contributed by atoms with Crippen LogP contribution in [0.4, 0.5) is 10.5 Å². The van der Waals surface area contributed by atoms with Crippen LogP contribution >= 0.6 is 11.6 Å². The van der Waals surface area contributed by atoms with Crippen molar-refractivity contribution in [3.8, 4) is 5.75 Å². The molecule has 1 aromatic heterocycles. The fourth-order valence-corrected chi connectivity index (χ4v) is 2.64. The highest BCUT2D eigenvalue weighted by Gasteiger charge is 2.04. The third kappa shape index (κ3) is 4.61. The second-order valence-electron chi connectivity index (χ2n) is 5.55. The van der Waals surface area contributed by atoms with Crippen LogP contribution in [0.3, 0.4) is 0 Å². The van der Waals surface area contributed by atoms with E-state index in [0.717, 1.165) is 27.9 Å². The van der Waals surface area contributed by atoms with Gasteiger partial charge in [-0.2, -0.15) is 0 Å². The molecule has 5 nitrogen and oxygen atoms in total. The number of carbonyl (C=O) groups is 1. The number of nitrogens with one attached hydrogen (secondary N) is 2. The van der Waals surface area contributed by atoms with E-state index < -0.39 is 0 Å². The zero-order valence-corrected chi connectivity index (χ0v) is 14.5.